The average molecular weight is 528 g/mol. The highest BCUT2D eigenvalue weighted by Gasteiger charge is 2.21. The van der Waals surface area contributed by atoms with E-state index in [1.807, 2.05) is 59.2 Å². The van der Waals surface area contributed by atoms with E-state index < -0.39 is 0 Å². The second-order valence-electron chi connectivity index (χ2n) is 10.3. The fraction of sp³-hybridized carbons (Fsp3) is 0. The standard InChI is InChI=1S/C36H25N5/c37-35(25-19-18-23-10-4-5-11-24(23)22-25)39-36(38)41-32-17-9-7-15-28(32)30-21-20-29-27-14-6-8-16-31(27)40(33(29)34(30)41)26-12-2-1-3-13-26/h1-22H,(H3,37,38,39). The number of nitrogens with two attached hydrogens (primary N) is 1. The predicted molar refractivity (Wildman–Crippen MR) is 172 cm³/mol. The smallest absolute Gasteiger partial charge is 0.229 e. The van der Waals surface area contributed by atoms with Gasteiger partial charge in [-0.25, -0.2) is 0 Å². The number of rotatable bonds is 2. The molecular weight excluding hydrogens is 502 g/mol. The van der Waals surface area contributed by atoms with Crippen molar-refractivity contribution < 1.29 is 0 Å². The average Bonchev–Trinajstić information content (AvgIpc) is 3.54. The topological polar surface area (TPSA) is 72.1 Å². The summed E-state index contributed by atoms with van der Waals surface area (Å²) in [7, 11) is 0. The molecule has 41 heavy (non-hydrogen) atoms. The Balaban J connectivity index is 1.45. The number of amidine groups is 1. The van der Waals surface area contributed by atoms with Gasteiger partial charge in [0.15, 0.2) is 0 Å². The molecule has 0 bridgehead atoms. The Morgan fingerprint density at radius 3 is 1.95 bits per heavy atom. The minimum absolute atomic E-state index is 0.0687. The Bertz CT molecular complexity index is 2340. The van der Waals surface area contributed by atoms with Crippen LogP contribution in [0.15, 0.2) is 138 Å². The Kier molecular flexibility index (Phi) is 5.06. The summed E-state index contributed by atoms with van der Waals surface area (Å²) < 4.78 is 4.24. The van der Waals surface area contributed by atoms with Crippen LogP contribution in [-0.4, -0.2) is 20.9 Å². The molecule has 0 aliphatic heterocycles. The molecule has 0 fully saturated rings. The van der Waals surface area contributed by atoms with Gasteiger partial charge in [-0.2, -0.15) is 4.99 Å². The van der Waals surface area contributed by atoms with Gasteiger partial charge >= 0.3 is 0 Å². The fourth-order valence-electron chi connectivity index (χ4n) is 6.14. The Hall–Kier alpha value is -5.68. The van der Waals surface area contributed by atoms with Crippen LogP contribution in [-0.2, 0) is 0 Å². The van der Waals surface area contributed by atoms with Crippen LogP contribution in [0.5, 0.6) is 0 Å². The van der Waals surface area contributed by atoms with Crippen LogP contribution >= 0.6 is 0 Å². The number of aliphatic imine (C=N–C) groups is 1. The number of nitrogens with zero attached hydrogens (tertiary/aromatic N) is 3. The van der Waals surface area contributed by atoms with Crippen molar-refractivity contribution in [3.63, 3.8) is 0 Å². The Morgan fingerprint density at radius 1 is 0.561 bits per heavy atom. The van der Waals surface area contributed by atoms with Crippen LogP contribution in [0.2, 0.25) is 0 Å². The lowest BCUT2D eigenvalue weighted by Crippen LogP contribution is -2.19. The molecule has 0 radical (unpaired) electrons. The molecule has 0 aliphatic carbocycles. The summed E-state index contributed by atoms with van der Waals surface area (Å²) >= 11 is 0. The van der Waals surface area contributed by atoms with E-state index in [1.54, 1.807) is 0 Å². The monoisotopic (exact) mass is 527 g/mol. The minimum atomic E-state index is 0.0687. The zero-order valence-corrected chi connectivity index (χ0v) is 22.1. The Labute approximate surface area is 235 Å². The third-order valence-corrected chi connectivity index (χ3v) is 7.97. The van der Waals surface area contributed by atoms with Gasteiger partial charge in [0.2, 0.25) is 5.96 Å². The first-order chi connectivity index (χ1) is 20.2. The van der Waals surface area contributed by atoms with Crippen molar-refractivity contribution in [2.75, 3.05) is 0 Å². The fourth-order valence-corrected chi connectivity index (χ4v) is 6.14. The summed E-state index contributed by atoms with van der Waals surface area (Å²) in [6, 6.07) is 45.6. The zero-order valence-electron chi connectivity index (χ0n) is 22.1. The summed E-state index contributed by atoms with van der Waals surface area (Å²) in [4.78, 5) is 4.69. The molecule has 0 amide bonds. The maximum Gasteiger partial charge on any atom is 0.229 e. The molecule has 0 spiro atoms. The van der Waals surface area contributed by atoms with E-state index in [2.05, 4.69) is 83.4 Å². The van der Waals surface area contributed by atoms with Crippen LogP contribution in [0.4, 0.5) is 0 Å². The first kappa shape index (κ1) is 23.2. The third-order valence-electron chi connectivity index (χ3n) is 7.97. The van der Waals surface area contributed by atoms with Crippen molar-refractivity contribution in [1.29, 1.82) is 5.41 Å². The van der Waals surface area contributed by atoms with E-state index in [-0.39, 0.29) is 5.96 Å². The molecule has 8 aromatic rings. The molecule has 0 unspecified atom stereocenters. The maximum atomic E-state index is 9.32. The second kappa shape index (κ2) is 8.93. The van der Waals surface area contributed by atoms with E-state index in [0.29, 0.717) is 5.84 Å². The quantitative estimate of drug-likeness (QED) is 0.172. The Morgan fingerprint density at radius 2 is 1.17 bits per heavy atom. The van der Waals surface area contributed by atoms with E-state index in [1.165, 1.54) is 0 Å². The molecule has 8 rings (SSSR count). The zero-order chi connectivity index (χ0) is 27.5. The molecule has 6 aromatic carbocycles. The third kappa shape index (κ3) is 3.49. The summed E-state index contributed by atoms with van der Waals surface area (Å²) in [5.74, 6) is 0.377. The SMILES string of the molecule is N=C(/N=C(\N)c1ccc2ccccc2c1)n1c2ccccc2c2ccc3c4ccccc4n(-c4ccccc4)c3c21. The lowest BCUT2D eigenvalue weighted by molar-refractivity contribution is 1.15. The van der Waals surface area contributed by atoms with Crippen molar-refractivity contribution >= 4 is 66.2 Å². The largest absolute Gasteiger partial charge is 0.383 e. The van der Waals surface area contributed by atoms with Gasteiger partial charge < -0.3 is 10.3 Å². The molecule has 2 heterocycles. The first-order valence-electron chi connectivity index (χ1n) is 13.6. The van der Waals surface area contributed by atoms with Gasteiger partial charge in [0.25, 0.3) is 0 Å². The normalized spacial score (nSPS) is 12.2. The molecule has 0 aliphatic rings. The number of hydrogen-bond acceptors (Lipinski definition) is 1. The van der Waals surface area contributed by atoms with Crippen LogP contribution in [0.3, 0.4) is 0 Å². The van der Waals surface area contributed by atoms with Crippen molar-refractivity contribution in [3.8, 4) is 5.69 Å². The molecule has 0 atom stereocenters. The lowest BCUT2D eigenvalue weighted by atomic mass is 10.1. The van der Waals surface area contributed by atoms with Gasteiger partial charge in [0.1, 0.15) is 5.84 Å². The molecular formula is C36H25N5. The molecule has 2 aromatic heterocycles. The van der Waals surface area contributed by atoms with Gasteiger partial charge in [-0.1, -0.05) is 103 Å². The second-order valence-corrected chi connectivity index (χ2v) is 10.3. The van der Waals surface area contributed by atoms with E-state index in [0.717, 1.165) is 65.6 Å². The van der Waals surface area contributed by atoms with Gasteiger partial charge in [-0.05, 0) is 41.1 Å². The van der Waals surface area contributed by atoms with Crippen LogP contribution in [0.1, 0.15) is 5.56 Å². The van der Waals surface area contributed by atoms with E-state index >= 15 is 0 Å². The van der Waals surface area contributed by atoms with E-state index in [9.17, 15) is 5.41 Å². The molecule has 0 saturated carbocycles. The highest BCUT2D eigenvalue weighted by Crippen LogP contribution is 2.40. The van der Waals surface area contributed by atoms with Gasteiger partial charge in [-0.3, -0.25) is 9.98 Å². The van der Waals surface area contributed by atoms with Crippen LogP contribution in [0.25, 0.3) is 60.1 Å². The summed E-state index contributed by atoms with van der Waals surface area (Å²) in [6.45, 7) is 0. The summed E-state index contributed by atoms with van der Waals surface area (Å²) in [5, 5.41) is 16.0. The maximum absolute atomic E-state index is 9.32. The van der Waals surface area contributed by atoms with E-state index in [4.69, 9.17) is 10.7 Å². The molecule has 5 nitrogen and oxygen atoms in total. The number of aromatic nitrogens is 2. The van der Waals surface area contributed by atoms with Crippen LogP contribution in [0, 0.1) is 5.41 Å². The summed E-state index contributed by atoms with van der Waals surface area (Å²) in [6.07, 6.45) is 0. The number of hydrogen-bond donors (Lipinski definition) is 2. The van der Waals surface area contributed by atoms with Gasteiger partial charge in [0, 0.05) is 32.8 Å². The molecule has 5 heteroatoms. The number of benzene rings is 6. The van der Waals surface area contributed by atoms with Crippen molar-refractivity contribution in [3.05, 3.63) is 139 Å². The highest BCUT2D eigenvalue weighted by molar-refractivity contribution is 6.26. The van der Waals surface area contributed by atoms with Gasteiger partial charge in [0.05, 0.1) is 22.1 Å². The molecule has 194 valence electrons. The molecule has 3 N–H and O–H groups in total. The number of fused-ring (bicyclic) bond motifs is 8. The molecule has 0 saturated heterocycles. The highest BCUT2D eigenvalue weighted by atomic mass is 15.2. The minimum Gasteiger partial charge on any atom is -0.383 e. The first-order valence-corrected chi connectivity index (χ1v) is 13.6. The number of para-hydroxylation sites is 3. The van der Waals surface area contributed by atoms with Crippen molar-refractivity contribution in [1.82, 2.24) is 9.13 Å². The predicted octanol–water partition coefficient (Wildman–Crippen LogP) is 8.23. The van der Waals surface area contributed by atoms with Crippen molar-refractivity contribution in [2.24, 2.45) is 10.7 Å². The summed E-state index contributed by atoms with van der Waals surface area (Å²) in [5.41, 5.74) is 12.4. The van der Waals surface area contributed by atoms with Crippen LogP contribution < -0.4 is 5.73 Å². The van der Waals surface area contributed by atoms with Crippen molar-refractivity contribution in [2.45, 2.75) is 0 Å². The lowest BCUT2D eigenvalue weighted by Gasteiger charge is -2.12. The number of nitrogens with one attached hydrogen (secondary N) is 1. The van der Waals surface area contributed by atoms with Gasteiger partial charge in [-0.15, -0.1) is 0 Å².